The van der Waals surface area contributed by atoms with Crippen molar-refractivity contribution in [3.05, 3.63) is 28.7 Å². The van der Waals surface area contributed by atoms with Gasteiger partial charge in [0.15, 0.2) is 0 Å². The molecule has 0 bridgehead atoms. The molecule has 0 amide bonds. The Morgan fingerprint density at radius 1 is 1.36 bits per heavy atom. The second-order valence-corrected chi connectivity index (χ2v) is 5.02. The lowest BCUT2D eigenvalue weighted by molar-refractivity contribution is 0.988. The Labute approximate surface area is 96.9 Å². The molecule has 0 aliphatic carbocycles. The molecular formula is C10H13BrN2S. The zero-order valence-corrected chi connectivity index (χ0v) is 10.2. The molecule has 3 N–H and O–H groups in total. The van der Waals surface area contributed by atoms with Gasteiger partial charge in [0.1, 0.15) is 0 Å². The van der Waals surface area contributed by atoms with Crippen LogP contribution in [0.3, 0.4) is 0 Å². The van der Waals surface area contributed by atoms with E-state index in [1.165, 1.54) is 4.90 Å². The van der Waals surface area contributed by atoms with Crippen molar-refractivity contribution in [3.8, 4) is 0 Å². The number of thioether (sulfide) groups is 1. The Bertz CT molecular complexity index is 297. The molecule has 0 atom stereocenters. The minimum Gasteiger partial charge on any atom is -0.388 e. The highest BCUT2D eigenvalue weighted by Crippen LogP contribution is 2.21. The summed E-state index contributed by atoms with van der Waals surface area (Å²) < 4.78 is 1.10. The first-order valence-corrected chi connectivity index (χ1v) is 6.17. The zero-order valence-electron chi connectivity index (χ0n) is 7.79. The maximum Gasteiger partial charge on any atom is 0.0905 e. The molecule has 2 nitrogen and oxygen atoms in total. The van der Waals surface area contributed by atoms with Crippen LogP contribution in [-0.2, 0) is 0 Å². The summed E-state index contributed by atoms with van der Waals surface area (Å²) in [5.41, 5.74) is 5.26. The van der Waals surface area contributed by atoms with Crippen LogP contribution >= 0.6 is 27.7 Å². The maximum atomic E-state index is 7.07. The molecule has 4 heteroatoms. The van der Waals surface area contributed by atoms with E-state index in [0.717, 1.165) is 16.6 Å². The Kier molecular flexibility index (Phi) is 5.04. The highest BCUT2D eigenvalue weighted by atomic mass is 79.9. The molecule has 0 fully saturated rings. The maximum absolute atomic E-state index is 7.07. The third-order valence-electron chi connectivity index (χ3n) is 1.67. The number of nitrogens with two attached hydrogens (primary N) is 1. The van der Waals surface area contributed by atoms with Crippen molar-refractivity contribution in [1.82, 2.24) is 0 Å². The van der Waals surface area contributed by atoms with E-state index >= 15 is 0 Å². The van der Waals surface area contributed by atoms with Gasteiger partial charge in [0.25, 0.3) is 0 Å². The molecule has 76 valence electrons. The third-order valence-corrected chi connectivity index (χ3v) is 3.30. The standard InChI is InChI=1S/C10H13BrN2S/c11-8-3-5-9(6-4-8)14-7-1-2-10(12)13/h3-6H,1-2,7H2,(H3,12,13). The van der Waals surface area contributed by atoms with Crippen LogP contribution in [0.1, 0.15) is 12.8 Å². The fraction of sp³-hybridized carbons (Fsp3) is 0.300. The van der Waals surface area contributed by atoms with Crippen LogP contribution in [0.2, 0.25) is 0 Å². The topological polar surface area (TPSA) is 49.9 Å². The summed E-state index contributed by atoms with van der Waals surface area (Å²) in [5, 5.41) is 7.07. The number of benzene rings is 1. The Hall–Kier alpha value is -0.480. The van der Waals surface area contributed by atoms with Crippen LogP contribution < -0.4 is 5.73 Å². The fourth-order valence-corrected chi connectivity index (χ4v) is 2.10. The summed E-state index contributed by atoms with van der Waals surface area (Å²) in [7, 11) is 0. The molecule has 0 unspecified atom stereocenters. The monoisotopic (exact) mass is 272 g/mol. The van der Waals surface area contributed by atoms with Crippen LogP contribution in [0.15, 0.2) is 33.6 Å². The van der Waals surface area contributed by atoms with E-state index in [0.29, 0.717) is 6.42 Å². The van der Waals surface area contributed by atoms with Gasteiger partial charge in [-0.1, -0.05) is 15.9 Å². The summed E-state index contributed by atoms with van der Waals surface area (Å²) in [6, 6.07) is 8.24. The van der Waals surface area contributed by atoms with Gasteiger partial charge in [-0.3, -0.25) is 5.41 Å². The Morgan fingerprint density at radius 3 is 2.57 bits per heavy atom. The van der Waals surface area contributed by atoms with Gasteiger partial charge < -0.3 is 5.73 Å². The van der Waals surface area contributed by atoms with Gasteiger partial charge in [-0.25, -0.2) is 0 Å². The quantitative estimate of drug-likeness (QED) is 0.374. The molecule has 0 saturated carbocycles. The fourth-order valence-electron chi connectivity index (χ4n) is 0.983. The van der Waals surface area contributed by atoms with E-state index in [-0.39, 0.29) is 5.84 Å². The van der Waals surface area contributed by atoms with Crippen LogP contribution in [0, 0.1) is 5.41 Å². The summed E-state index contributed by atoms with van der Waals surface area (Å²) in [6.45, 7) is 0. The van der Waals surface area contributed by atoms with Crippen molar-refractivity contribution in [2.45, 2.75) is 17.7 Å². The molecule has 0 aliphatic rings. The van der Waals surface area contributed by atoms with E-state index in [4.69, 9.17) is 11.1 Å². The van der Waals surface area contributed by atoms with Crippen molar-refractivity contribution in [3.63, 3.8) is 0 Å². The van der Waals surface area contributed by atoms with Gasteiger partial charge in [-0.05, 0) is 36.4 Å². The van der Waals surface area contributed by atoms with Crippen molar-refractivity contribution < 1.29 is 0 Å². The van der Waals surface area contributed by atoms with Gasteiger partial charge in [-0.15, -0.1) is 11.8 Å². The summed E-state index contributed by atoms with van der Waals surface area (Å²) >= 11 is 5.19. The molecule has 0 spiro atoms. The van der Waals surface area contributed by atoms with E-state index in [1.807, 2.05) is 12.1 Å². The molecule has 1 aromatic carbocycles. The molecule has 1 rings (SSSR count). The van der Waals surface area contributed by atoms with E-state index in [2.05, 4.69) is 28.1 Å². The number of rotatable bonds is 5. The zero-order chi connectivity index (χ0) is 10.4. The van der Waals surface area contributed by atoms with Crippen molar-refractivity contribution in [2.24, 2.45) is 5.73 Å². The van der Waals surface area contributed by atoms with Crippen LogP contribution in [0.5, 0.6) is 0 Å². The van der Waals surface area contributed by atoms with Crippen molar-refractivity contribution in [2.75, 3.05) is 5.75 Å². The average Bonchev–Trinajstić information content (AvgIpc) is 2.15. The van der Waals surface area contributed by atoms with Crippen LogP contribution in [-0.4, -0.2) is 11.6 Å². The highest BCUT2D eigenvalue weighted by molar-refractivity contribution is 9.10. The first-order chi connectivity index (χ1) is 6.68. The smallest absolute Gasteiger partial charge is 0.0905 e. The second kappa shape index (κ2) is 6.09. The van der Waals surface area contributed by atoms with Gasteiger partial charge in [0, 0.05) is 15.8 Å². The predicted octanol–water partition coefficient (Wildman–Crippen LogP) is 3.26. The molecule has 0 radical (unpaired) electrons. The number of hydrogen-bond acceptors (Lipinski definition) is 2. The second-order valence-electron chi connectivity index (χ2n) is 2.93. The molecule has 0 heterocycles. The Balaban J connectivity index is 2.25. The van der Waals surface area contributed by atoms with Crippen molar-refractivity contribution in [1.29, 1.82) is 5.41 Å². The number of hydrogen-bond donors (Lipinski definition) is 2. The van der Waals surface area contributed by atoms with Gasteiger partial charge in [0.2, 0.25) is 0 Å². The first kappa shape index (κ1) is 11.6. The first-order valence-electron chi connectivity index (χ1n) is 4.40. The van der Waals surface area contributed by atoms with E-state index < -0.39 is 0 Å². The van der Waals surface area contributed by atoms with E-state index in [1.54, 1.807) is 11.8 Å². The van der Waals surface area contributed by atoms with Crippen LogP contribution in [0.25, 0.3) is 0 Å². The number of amidine groups is 1. The minimum absolute atomic E-state index is 0.279. The Morgan fingerprint density at radius 2 is 2.00 bits per heavy atom. The van der Waals surface area contributed by atoms with Crippen molar-refractivity contribution >= 4 is 33.5 Å². The third kappa shape index (κ3) is 4.67. The van der Waals surface area contributed by atoms with Crippen LogP contribution in [0.4, 0.5) is 0 Å². The SMILES string of the molecule is N=C(N)CCCSc1ccc(Br)cc1. The highest BCUT2D eigenvalue weighted by Gasteiger charge is 1.95. The molecular weight excluding hydrogens is 260 g/mol. The number of nitrogens with one attached hydrogen (secondary N) is 1. The van der Waals surface area contributed by atoms with Gasteiger partial charge in [0.05, 0.1) is 5.84 Å². The van der Waals surface area contributed by atoms with Gasteiger partial charge in [-0.2, -0.15) is 0 Å². The normalized spacial score (nSPS) is 10.1. The molecule has 14 heavy (non-hydrogen) atoms. The largest absolute Gasteiger partial charge is 0.388 e. The summed E-state index contributed by atoms with van der Waals surface area (Å²) in [6.07, 6.45) is 1.67. The molecule has 0 saturated heterocycles. The number of halogens is 1. The summed E-state index contributed by atoms with van der Waals surface area (Å²) in [4.78, 5) is 1.26. The summed E-state index contributed by atoms with van der Waals surface area (Å²) in [5.74, 6) is 1.29. The lowest BCUT2D eigenvalue weighted by atomic mass is 10.3. The minimum atomic E-state index is 0.279. The molecule has 1 aromatic rings. The van der Waals surface area contributed by atoms with E-state index in [9.17, 15) is 0 Å². The van der Waals surface area contributed by atoms with Gasteiger partial charge >= 0.3 is 0 Å². The lowest BCUT2D eigenvalue weighted by Crippen LogP contribution is -2.08. The average molecular weight is 273 g/mol. The molecule has 0 aromatic heterocycles. The predicted molar refractivity (Wildman–Crippen MR) is 66.0 cm³/mol. The molecule has 0 aliphatic heterocycles. The lowest BCUT2D eigenvalue weighted by Gasteiger charge is -2.01.